The van der Waals surface area contributed by atoms with Gasteiger partial charge in [0.15, 0.2) is 0 Å². The number of hydrogen-bond acceptors (Lipinski definition) is 7. The molecule has 6 N–H and O–H groups in total. The van der Waals surface area contributed by atoms with E-state index in [-0.39, 0.29) is 26.2 Å². The minimum atomic E-state index is -4.34. The first-order valence-corrected chi connectivity index (χ1v) is 16.2. The van der Waals surface area contributed by atoms with Gasteiger partial charge in [-0.05, 0) is 12.8 Å². The van der Waals surface area contributed by atoms with E-state index in [1.54, 1.807) is 0 Å². The molecule has 222 valence electrons. The second kappa shape index (κ2) is 24.5. The quantitative estimate of drug-likeness (QED) is 0.0676. The largest absolute Gasteiger partial charge is 0.472 e. The monoisotopic (exact) mass is 552 g/mol. The van der Waals surface area contributed by atoms with E-state index in [0.29, 0.717) is 12.8 Å². The van der Waals surface area contributed by atoms with Crippen LogP contribution in [-0.4, -0.2) is 59.0 Å². The van der Waals surface area contributed by atoms with Crippen LogP contribution in [0.5, 0.6) is 0 Å². The first-order chi connectivity index (χ1) is 17.8. The smallest absolute Gasteiger partial charge is 0.393 e. The first kappa shape index (κ1) is 36.5. The molecule has 0 saturated heterocycles. The number of nitrogens with two attached hydrogens (primary N) is 1. The summed E-state index contributed by atoms with van der Waals surface area (Å²) in [6, 6.07) is -0.884. The number of aliphatic hydroxyl groups excluding tert-OH is 2. The number of amides is 1. The van der Waals surface area contributed by atoms with Crippen molar-refractivity contribution in [2.45, 2.75) is 148 Å². The van der Waals surface area contributed by atoms with Crippen LogP contribution in [0, 0.1) is 0 Å². The fourth-order valence-electron chi connectivity index (χ4n) is 4.24. The summed E-state index contributed by atoms with van der Waals surface area (Å²) in [5, 5.41) is 23.7. The van der Waals surface area contributed by atoms with Crippen LogP contribution in [-0.2, 0) is 18.4 Å². The van der Waals surface area contributed by atoms with Crippen molar-refractivity contribution in [1.29, 1.82) is 0 Å². The minimum absolute atomic E-state index is 0.0612. The Hall–Kier alpha value is -0.540. The average molecular weight is 553 g/mol. The van der Waals surface area contributed by atoms with Crippen molar-refractivity contribution in [3.63, 3.8) is 0 Å². The van der Waals surface area contributed by atoms with Gasteiger partial charge in [0.25, 0.3) is 0 Å². The third-order valence-corrected chi connectivity index (χ3v) is 7.50. The van der Waals surface area contributed by atoms with Crippen LogP contribution in [0.2, 0.25) is 0 Å². The molecule has 0 aromatic heterocycles. The zero-order chi connectivity index (χ0) is 27.8. The molecule has 0 aliphatic carbocycles. The highest BCUT2D eigenvalue weighted by Gasteiger charge is 2.28. The molecule has 0 fully saturated rings. The van der Waals surface area contributed by atoms with E-state index in [1.807, 2.05) is 0 Å². The van der Waals surface area contributed by atoms with Gasteiger partial charge in [-0.15, -0.1) is 0 Å². The molecular weight excluding hydrogens is 495 g/mol. The third-order valence-electron chi connectivity index (χ3n) is 6.52. The van der Waals surface area contributed by atoms with Crippen molar-refractivity contribution in [2.75, 3.05) is 19.8 Å². The van der Waals surface area contributed by atoms with E-state index in [4.69, 9.17) is 14.8 Å². The maximum Gasteiger partial charge on any atom is 0.472 e. The lowest BCUT2D eigenvalue weighted by molar-refractivity contribution is -0.125. The van der Waals surface area contributed by atoms with Gasteiger partial charge in [0, 0.05) is 6.54 Å². The summed E-state index contributed by atoms with van der Waals surface area (Å²) in [6.07, 6.45) is 16.1. The second-order valence-corrected chi connectivity index (χ2v) is 11.6. The van der Waals surface area contributed by atoms with Gasteiger partial charge in [0.05, 0.1) is 37.9 Å². The van der Waals surface area contributed by atoms with Crippen molar-refractivity contribution in [3.8, 4) is 0 Å². The van der Waals surface area contributed by atoms with E-state index >= 15 is 0 Å². The standard InChI is InChI=1S/C27H57N2O7P/c1-3-5-7-9-11-13-14-16-18-24(30)22-27(32)29-25(23-36-37(33,34)35-21-20-28)26(31)19-17-15-12-10-8-6-4-2/h24-26,30-31H,3-23,28H2,1-2H3,(H,29,32)(H,33,34). The predicted molar refractivity (Wildman–Crippen MR) is 149 cm³/mol. The fraction of sp³-hybridized carbons (Fsp3) is 0.963. The topological polar surface area (TPSA) is 151 Å². The lowest BCUT2D eigenvalue weighted by atomic mass is 10.0. The molecule has 0 heterocycles. The molecule has 0 spiro atoms. The molecule has 0 aliphatic rings. The molecule has 9 nitrogen and oxygen atoms in total. The zero-order valence-corrected chi connectivity index (χ0v) is 24.5. The normalized spacial score (nSPS) is 15.7. The van der Waals surface area contributed by atoms with Crippen molar-refractivity contribution in [2.24, 2.45) is 5.73 Å². The van der Waals surface area contributed by atoms with Crippen LogP contribution in [0.3, 0.4) is 0 Å². The Kier molecular flexibility index (Phi) is 24.1. The second-order valence-electron chi connectivity index (χ2n) is 10.2. The fourth-order valence-corrected chi connectivity index (χ4v) is 5.00. The van der Waals surface area contributed by atoms with Crippen LogP contribution in [0.1, 0.15) is 129 Å². The lowest BCUT2D eigenvalue weighted by Gasteiger charge is -2.25. The summed E-state index contributed by atoms with van der Waals surface area (Å²) in [6.45, 7) is 3.92. The number of hydrogen-bond donors (Lipinski definition) is 5. The first-order valence-electron chi connectivity index (χ1n) is 14.7. The highest BCUT2D eigenvalue weighted by molar-refractivity contribution is 7.47. The third kappa shape index (κ3) is 23.1. The summed E-state index contributed by atoms with van der Waals surface area (Å²) >= 11 is 0. The van der Waals surface area contributed by atoms with Gasteiger partial charge in [-0.2, -0.15) is 0 Å². The summed E-state index contributed by atoms with van der Waals surface area (Å²) < 4.78 is 21.8. The Balaban J connectivity index is 4.54. The molecule has 0 saturated carbocycles. The molecule has 0 bridgehead atoms. The summed E-state index contributed by atoms with van der Waals surface area (Å²) in [4.78, 5) is 22.4. The number of carbonyl (C=O) groups excluding carboxylic acids is 1. The summed E-state index contributed by atoms with van der Waals surface area (Å²) in [5.74, 6) is -0.421. The van der Waals surface area contributed by atoms with Crippen LogP contribution in [0.15, 0.2) is 0 Å². The van der Waals surface area contributed by atoms with Crippen molar-refractivity contribution in [3.05, 3.63) is 0 Å². The van der Waals surface area contributed by atoms with E-state index < -0.39 is 32.0 Å². The van der Waals surface area contributed by atoms with Gasteiger partial charge < -0.3 is 26.2 Å². The average Bonchev–Trinajstić information content (AvgIpc) is 2.86. The van der Waals surface area contributed by atoms with Gasteiger partial charge in [-0.25, -0.2) is 4.57 Å². The molecule has 0 rings (SSSR count). The molecule has 10 heteroatoms. The molecule has 0 aromatic carbocycles. The van der Waals surface area contributed by atoms with Gasteiger partial charge in [0.2, 0.25) is 5.91 Å². The molecule has 0 aromatic rings. The van der Waals surface area contributed by atoms with Gasteiger partial charge in [-0.3, -0.25) is 13.8 Å². The number of nitrogens with one attached hydrogen (secondary N) is 1. The van der Waals surface area contributed by atoms with E-state index in [2.05, 4.69) is 19.2 Å². The van der Waals surface area contributed by atoms with Gasteiger partial charge >= 0.3 is 7.82 Å². The van der Waals surface area contributed by atoms with Gasteiger partial charge in [-0.1, -0.05) is 110 Å². The summed E-state index contributed by atoms with van der Waals surface area (Å²) in [7, 11) is -4.34. The van der Waals surface area contributed by atoms with E-state index in [1.165, 1.54) is 51.4 Å². The zero-order valence-electron chi connectivity index (χ0n) is 23.6. The number of carbonyl (C=O) groups is 1. The predicted octanol–water partition coefficient (Wildman–Crippen LogP) is 5.35. The van der Waals surface area contributed by atoms with E-state index in [9.17, 15) is 24.5 Å². The molecule has 0 aliphatic heterocycles. The Morgan fingerprint density at radius 1 is 0.811 bits per heavy atom. The maximum atomic E-state index is 12.6. The molecule has 37 heavy (non-hydrogen) atoms. The minimum Gasteiger partial charge on any atom is -0.393 e. The molecule has 0 radical (unpaired) electrons. The molecular formula is C27H57N2O7P. The number of phosphoric ester groups is 1. The molecule has 4 unspecified atom stereocenters. The van der Waals surface area contributed by atoms with Crippen LogP contribution in [0.4, 0.5) is 0 Å². The Morgan fingerprint density at radius 2 is 1.30 bits per heavy atom. The van der Waals surface area contributed by atoms with Crippen molar-refractivity contribution in [1.82, 2.24) is 5.32 Å². The van der Waals surface area contributed by atoms with Crippen molar-refractivity contribution < 1.29 is 33.5 Å². The van der Waals surface area contributed by atoms with Crippen LogP contribution in [0.25, 0.3) is 0 Å². The Morgan fingerprint density at radius 3 is 1.81 bits per heavy atom. The Bertz CT molecular complexity index is 583. The SMILES string of the molecule is CCCCCCCCCCC(O)CC(=O)NC(COP(=O)(O)OCCN)C(O)CCCCCCCCC. The molecule has 4 atom stereocenters. The Labute approximate surface area is 225 Å². The lowest BCUT2D eigenvalue weighted by Crippen LogP contribution is -2.47. The molecule has 1 amide bonds. The van der Waals surface area contributed by atoms with Crippen LogP contribution < -0.4 is 11.1 Å². The maximum absolute atomic E-state index is 12.6. The highest BCUT2D eigenvalue weighted by Crippen LogP contribution is 2.43. The summed E-state index contributed by atoms with van der Waals surface area (Å²) in [5.41, 5.74) is 5.30. The van der Waals surface area contributed by atoms with Gasteiger partial charge in [0.1, 0.15) is 0 Å². The number of unbranched alkanes of at least 4 members (excludes halogenated alkanes) is 13. The van der Waals surface area contributed by atoms with Crippen molar-refractivity contribution >= 4 is 13.7 Å². The number of phosphoric acid groups is 1. The highest BCUT2D eigenvalue weighted by atomic mass is 31.2. The number of rotatable bonds is 27. The van der Waals surface area contributed by atoms with E-state index in [0.717, 1.165) is 44.9 Å². The number of aliphatic hydroxyl groups is 2. The van der Waals surface area contributed by atoms with Crippen LogP contribution >= 0.6 is 7.82 Å².